The van der Waals surface area contributed by atoms with Crippen LogP contribution in [0.1, 0.15) is 23.4 Å². The summed E-state index contributed by atoms with van der Waals surface area (Å²) in [6.07, 6.45) is -7.62. The van der Waals surface area contributed by atoms with Crippen molar-refractivity contribution in [2.45, 2.75) is 19.1 Å². The molecule has 2 N–H and O–H groups in total. The lowest BCUT2D eigenvalue weighted by Gasteiger charge is -2.13. The van der Waals surface area contributed by atoms with Crippen LogP contribution in [-0.2, 0) is 12.7 Å². The maximum absolute atomic E-state index is 12.4. The molecule has 0 aliphatic rings. The Morgan fingerprint density at radius 2 is 1.94 bits per heavy atom. The first-order valence-corrected chi connectivity index (χ1v) is 4.81. The number of alkyl halides is 5. The van der Waals surface area contributed by atoms with Crippen LogP contribution in [0.4, 0.5) is 22.0 Å². The third-order valence-corrected chi connectivity index (χ3v) is 2.39. The zero-order valence-electron chi connectivity index (χ0n) is 7.65. The van der Waals surface area contributed by atoms with E-state index in [2.05, 4.69) is 20.9 Å². The minimum absolute atomic E-state index is 0.453. The van der Waals surface area contributed by atoms with Crippen molar-refractivity contribution in [2.75, 3.05) is 0 Å². The fourth-order valence-corrected chi connectivity index (χ4v) is 1.65. The first kappa shape index (κ1) is 13.3. The molecule has 2 nitrogen and oxygen atoms in total. The van der Waals surface area contributed by atoms with Crippen LogP contribution in [0.2, 0.25) is 0 Å². The molecule has 0 aromatic carbocycles. The number of aromatic nitrogens is 1. The Bertz CT molecular complexity index is 391. The van der Waals surface area contributed by atoms with Crippen molar-refractivity contribution in [3.8, 4) is 0 Å². The lowest BCUT2D eigenvalue weighted by molar-refractivity contribution is -0.142. The van der Waals surface area contributed by atoms with Crippen LogP contribution in [0.3, 0.4) is 0 Å². The SMILES string of the molecule is NCc1nc(C(F)(F)F)c(Br)cc1C(F)F. The van der Waals surface area contributed by atoms with Gasteiger partial charge in [-0.05, 0) is 22.0 Å². The molecule has 0 spiro atoms. The first-order chi connectivity index (χ1) is 7.27. The molecule has 0 fully saturated rings. The third-order valence-electron chi connectivity index (χ3n) is 1.79. The molecule has 8 heteroatoms. The molecule has 0 saturated heterocycles. The van der Waals surface area contributed by atoms with Gasteiger partial charge in [-0.25, -0.2) is 13.8 Å². The quantitative estimate of drug-likeness (QED) is 0.852. The average Bonchev–Trinajstić information content (AvgIpc) is 2.15. The fraction of sp³-hybridized carbons (Fsp3) is 0.375. The summed E-state index contributed by atoms with van der Waals surface area (Å²) in [6.45, 7) is -0.476. The minimum atomic E-state index is -4.70. The lowest BCUT2D eigenvalue weighted by atomic mass is 10.1. The van der Waals surface area contributed by atoms with E-state index < -0.39 is 40.6 Å². The fourth-order valence-electron chi connectivity index (χ4n) is 1.09. The van der Waals surface area contributed by atoms with Crippen LogP contribution < -0.4 is 5.73 Å². The van der Waals surface area contributed by atoms with Crippen molar-refractivity contribution in [3.05, 3.63) is 27.5 Å². The highest BCUT2D eigenvalue weighted by Gasteiger charge is 2.36. The highest BCUT2D eigenvalue weighted by Crippen LogP contribution is 2.36. The second kappa shape index (κ2) is 4.62. The monoisotopic (exact) mass is 304 g/mol. The van der Waals surface area contributed by atoms with E-state index in [1.165, 1.54) is 0 Å². The standard InChI is InChI=1S/C8H6BrF5N2/c9-4-1-3(7(10)11)5(2-15)16-6(4)8(12,13)14/h1,7H,2,15H2. The molecule has 16 heavy (non-hydrogen) atoms. The molecule has 0 aliphatic carbocycles. The second-order valence-electron chi connectivity index (χ2n) is 2.86. The zero-order chi connectivity index (χ0) is 12.5. The third kappa shape index (κ3) is 2.67. The predicted molar refractivity (Wildman–Crippen MR) is 49.8 cm³/mol. The van der Waals surface area contributed by atoms with Gasteiger partial charge in [0, 0.05) is 16.6 Å². The van der Waals surface area contributed by atoms with E-state index in [0.717, 1.165) is 0 Å². The van der Waals surface area contributed by atoms with Crippen LogP contribution in [0.25, 0.3) is 0 Å². The largest absolute Gasteiger partial charge is 0.434 e. The van der Waals surface area contributed by atoms with Gasteiger partial charge in [0.05, 0.1) is 5.69 Å². The number of rotatable bonds is 2. The van der Waals surface area contributed by atoms with E-state index in [0.29, 0.717) is 6.07 Å². The molecule has 0 bridgehead atoms. The molecular weight excluding hydrogens is 299 g/mol. The second-order valence-corrected chi connectivity index (χ2v) is 3.71. The average molecular weight is 305 g/mol. The van der Waals surface area contributed by atoms with Crippen LogP contribution in [-0.4, -0.2) is 4.98 Å². The Kier molecular flexibility index (Phi) is 3.84. The van der Waals surface area contributed by atoms with Crippen molar-refractivity contribution in [1.29, 1.82) is 0 Å². The topological polar surface area (TPSA) is 38.9 Å². The van der Waals surface area contributed by atoms with Gasteiger partial charge in [0.25, 0.3) is 6.43 Å². The van der Waals surface area contributed by atoms with Crippen molar-refractivity contribution in [2.24, 2.45) is 5.73 Å². The number of hydrogen-bond acceptors (Lipinski definition) is 2. The molecule has 1 heterocycles. The highest BCUT2D eigenvalue weighted by molar-refractivity contribution is 9.10. The van der Waals surface area contributed by atoms with Gasteiger partial charge in [0.15, 0.2) is 5.69 Å². The van der Waals surface area contributed by atoms with Crippen molar-refractivity contribution < 1.29 is 22.0 Å². The van der Waals surface area contributed by atoms with Gasteiger partial charge in [-0.3, -0.25) is 0 Å². The van der Waals surface area contributed by atoms with Crippen molar-refractivity contribution >= 4 is 15.9 Å². The Balaban J connectivity index is 3.37. The van der Waals surface area contributed by atoms with Crippen LogP contribution in [0.15, 0.2) is 10.5 Å². The molecule has 1 aromatic rings. The molecule has 0 atom stereocenters. The summed E-state index contributed by atoms with van der Waals surface area (Å²) in [7, 11) is 0. The van der Waals surface area contributed by atoms with Crippen molar-refractivity contribution in [3.63, 3.8) is 0 Å². The highest BCUT2D eigenvalue weighted by atomic mass is 79.9. The summed E-state index contributed by atoms with van der Waals surface area (Å²) < 4.78 is 61.5. The molecule has 0 radical (unpaired) electrons. The summed E-state index contributed by atoms with van der Waals surface area (Å²) in [5, 5.41) is 0. The van der Waals surface area contributed by atoms with E-state index in [1.807, 2.05) is 0 Å². The normalized spacial score (nSPS) is 12.2. The van der Waals surface area contributed by atoms with Crippen LogP contribution in [0.5, 0.6) is 0 Å². The molecule has 0 amide bonds. The van der Waals surface area contributed by atoms with E-state index in [-0.39, 0.29) is 0 Å². The van der Waals surface area contributed by atoms with Gasteiger partial charge in [0.2, 0.25) is 0 Å². The maximum atomic E-state index is 12.4. The van der Waals surface area contributed by atoms with Gasteiger partial charge in [-0.2, -0.15) is 13.2 Å². The lowest BCUT2D eigenvalue weighted by Crippen LogP contribution is -2.14. The van der Waals surface area contributed by atoms with E-state index >= 15 is 0 Å². The number of halogens is 6. The Morgan fingerprint density at radius 1 is 1.38 bits per heavy atom. The van der Waals surface area contributed by atoms with Gasteiger partial charge in [-0.1, -0.05) is 0 Å². The van der Waals surface area contributed by atoms with Gasteiger partial charge in [0.1, 0.15) is 0 Å². The molecule has 0 saturated carbocycles. The number of nitrogens with two attached hydrogens (primary N) is 1. The van der Waals surface area contributed by atoms with Gasteiger partial charge in [-0.15, -0.1) is 0 Å². The number of hydrogen-bond donors (Lipinski definition) is 1. The maximum Gasteiger partial charge on any atom is 0.434 e. The Labute approximate surface area is 95.8 Å². The molecule has 1 aromatic heterocycles. The Hall–Kier alpha value is -0.760. The van der Waals surface area contributed by atoms with E-state index in [9.17, 15) is 22.0 Å². The summed E-state index contributed by atoms with van der Waals surface area (Å²) in [4.78, 5) is 3.11. The summed E-state index contributed by atoms with van der Waals surface area (Å²) >= 11 is 2.56. The molecular formula is C8H6BrF5N2. The Morgan fingerprint density at radius 3 is 2.31 bits per heavy atom. The van der Waals surface area contributed by atoms with E-state index in [1.54, 1.807) is 0 Å². The summed E-state index contributed by atoms with van der Waals surface area (Å²) in [5.74, 6) is 0. The number of nitrogens with zero attached hydrogens (tertiary/aromatic N) is 1. The van der Waals surface area contributed by atoms with Gasteiger partial charge >= 0.3 is 6.18 Å². The predicted octanol–water partition coefficient (Wildman–Crippen LogP) is 3.26. The minimum Gasteiger partial charge on any atom is -0.325 e. The summed E-state index contributed by atoms with van der Waals surface area (Å²) in [6, 6.07) is 0.697. The molecule has 0 aliphatic heterocycles. The van der Waals surface area contributed by atoms with Gasteiger partial charge < -0.3 is 5.73 Å². The van der Waals surface area contributed by atoms with Crippen LogP contribution >= 0.6 is 15.9 Å². The number of pyridine rings is 1. The van der Waals surface area contributed by atoms with Crippen molar-refractivity contribution in [1.82, 2.24) is 4.98 Å². The molecule has 0 unspecified atom stereocenters. The molecule has 90 valence electrons. The smallest absolute Gasteiger partial charge is 0.325 e. The zero-order valence-corrected chi connectivity index (χ0v) is 9.24. The van der Waals surface area contributed by atoms with E-state index in [4.69, 9.17) is 5.73 Å². The first-order valence-electron chi connectivity index (χ1n) is 4.02. The molecule has 1 rings (SSSR count). The summed E-state index contributed by atoms with van der Waals surface area (Å²) in [5.41, 5.74) is 2.77. The van der Waals surface area contributed by atoms with Crippen LogP contribution in [0, 0.1) is 0 Å².